The normalized spacial score (nSPS) is 11.3. The summed E-state index contributed by atoms with van der Waals surface area (Å²) in [7, 11) is 1.66. The van der Waals surface area contributed by atoms with E-state index >= 15 is 0 Å². The van der Waals surface area contributed by atoms with Crippen LogP contribution in [-0.2, 0) is 5.41 Å². The van der Waals surface area contributed by atoms with E-state index in [1.54, 1.807) is 14.0 Å². The van der Waals surface area contributed by atoms with Crippen LogP contribution in [0.25, 0.3) is 0 Å². The van der Waals surface area contributed by atoms with Crippen molar-refractivity contribution >= 4 is 11.6 Å². The second-order valence-corrected chi connectivity index (χ2v) is 6.72. The van der Waals surface area contributed by atoms with E-state index in [0.717, 1.165) is 16.9 Å². The summed E-state index contributed by atoms with van der Waals surface area (Å²) in [4.78, 5) is 12.2. The van der Waals surface area contributed by atoms with Gasteiger partial charge in [-0.05, 0) is 42.3 Å². The Morgan fingerprint density at radius 3 is 2.27 bits per heavy atom. The molecule has 0 aliphatic carbocycles. The van der Waals surface area contributed by atoms with Gasteiger partial charge >= 0.3 is 6.01 Å². The summed E-state index contributed by atoms with van der Waals surface area (Å²) in [5.41, 5.74) is 1.85. The van der Waals surface area contributed by atoms with Crippen LogP contribution in [0.1, 0.15) is 30.8 Å². The third kappa shape index (κ3) is 3.78. The predicted molar refractivity (Wildman–Crippen MR) is 101 cm³/mol. The highest BCUT2D eigenvalue weighted by atomic mass is 35.5. The minimum atomic E-state index is -0.297. The third-order valence-corrected chi connectivity index (χ3v) is 4.44. The first-order chi connectivity index (χ1) is 12.4. The average Bonchev–Trinajstić information content (AvgIpc) is 2.61. The van der Waals surface area contributed by atoms with Crippen LogP contribution in [-0.4, -0.2) is 22.1 Å². The molecule has 0 unspecified atom stereocenters. The maximum Gasteiger partial charge on any atom is 0.326 e. The van der Waals surface area contributed by atoms with Gasteiger partial charge in [0.15, 0.2) is 0 Å². The summed E-state index contributed by atoms with van der Waals surface area (Å²) < 4.78 is 11.2. The minimum Gasteiger partial charge on any atom is -0.497 e. The average molecular weight is 370 g/mol. The van der Waals surface area contributed by atoms with Crippen LogP contribution in [0.5, 0.6) is 17.5 Å². The Labute approximate surface area is 158 Å². The largest absolute Gasteiger partial charge is 0.497 e. The molecule has 0 spiro atoms. The molecule has 1 aromatic heterocycles. The van der Waals surface area contributed by atoms with Crippen LogP contribution in [0, 0.1) is 6.92 Å². The zero-order chi connectivity index (χ0) is 18.7. The van der Waals surface area contributed by atoms with E-state index < -0.39 is 0 Å². The highest BCUT2D eigenvalue weighted by Crippen LogP contribution is 2.38. The molecule has 1 heterocycles. The zero-order valence-electron chi connectivity index (χ0n) is 15.2. The minimum absolute atomic E-state index is 0.111. The van der Waals surface area contributed by atoms with Crippen molar-refractivity contribution in [1.82, 2.24) is 15.0 Å². The Balaban J connectivity index is 1.99. The molecule has 3 rings (SSSR count). The molecule has 0 amide bonds. The van der Waals surface area contributed by atoms with Gasteiger partial charge in [0.05, 0.1) is 7.11 Å². The van der Waals surface area contributed by atoms with E-state index in [1.807, 2.05) is 36.4 Å². The zero-order valence-corrected chi connectivity index (χ0v) is 15.9. The first-order valence-corrected chi connectivity index (χ1v) is 8.58. The number of halogens is 1. The second kappa shape index (κ2) is 7.30. The molecule has 26 heavy (non-hydrogen) atoms. The van der Waals surface area contributed by atoms with E-state index in [0.29, 0.717) is 11.6 Å². The number of aromatic nitrogens is 3. The van der Waals surface area contributed by atoms with Gasteiger partial charge in [-0.1, -0.05) is 44.2 Å². The molecule has 0 atom stereocenters. The predicted octanol–water partition coefficient (Wildman–Crippen LogP) is 4.96. The molecule has 2 aromatic carbocycles. The number of methoxy groups -OCH3 is 1. The molecule has 0 fully saturated rings. The van der Waals surface area contributed by atoms with E-state index in [2.05, 4.69) is 40.9 Å². The topological polar surface area (TPSA) is 57.1 Å². The summed E-state index contributed by atoms with van der Waals surface area (Å²) in [5, 5.41) is 0.111. The van der Waals surface area contributed by atoms with Crippen molar-refractivity contribution in [3.05, 3.63) is 70.8 Å². The van der Waals surface area contributed by atoms with E-state index in [4.69, 9.17) is 21.1 Å². The van der Waals surface area contributed by atoms with Crippen molar-refractivity contribution in [1.29, 1.82) is 0 Å². The van der Waals surface area contributed by atoms with Gasteiger partial charge in [-0.2, -0.15) is 9.97 Å². The maximum absolute atomic E-state index is 5.95. The van der Waals surface area contributed by atoms with E-state index in [1.165, 1.54) is 0 Å². The molecular formula is C20H20ClN3O2. The van der Waals surface area contributed by atoms with Crippen LogP contribution >= 0.6 is 11.6 Å². The molecule has 5 nitrogen and oxygen atoms in total. The van der Waals surface area contributed by atoms with Crippen molar-refractivity contribution in [2.24, 2.45) is 0 Å². The molecule has 0 aliphatic rings. The second-order valence-electron chi connectivity index (χ2n) is 6.39. The lowest BCUT2D eigenvalue weighted by Gasteiger charge is -2.28. The van der Waals surface area contributed by atoms with Crippen LogP contribution in [0.3, 0.4) is 0 Å². The molecule has 0 radical (unpaired) electrons. The SMILES string of the molecule is COc1ccc(C(C)(C)c2ccccc2Oc2nc(C)nc(Cl)n2)cc1. The molecule has 6 heteroatoms. The Bertz CT molecular complexity index is 891. The van der Waals surface area contributed by atoms with Gasteiger partial charge in [0.25, 0.3) is 0 Å². The van der Waals surface area contributed by atoms with Crippen molar-refractivity contribution in [2.75, 3.05) is 7.11 Å². The molecule has 0 aliphatic heterocycles. The van der Waals surface area contributed by atoms with Crippen molar-refractivity contribution in [2.45, 2.75) is 26.2 Å². The molecule has 0 saturated heterocycles. The number of hydrogen-bond acceptors (Lipinski definition) is 5. The Morgan fingerprint density at radius 2 is 1.62 bits per heavy atom. The Hall–Kier alpha value is -2.66. The summed E-state index contributed by atoms with van der Waals surface area (Å²) in [6.45, 7) is 6.03. The van der Waals surface area contributed by atoms with Gasteiger partial charge in [-0.3, -0.25) is 0 Å². The Morgan fingerprint density at radius 1 is 0.923 bits per heavy atom. The number of para-hydroxylation sites is 1. The number of benzene rings is 2. The van der Waals surface area contributed by atoms with Crippen LogP contribution in [0.15, 0.2) is 48.5 Å². The summed E-state index contributed by atoms with van der Waals surface area (Å²) in [6.07, 6.45) is 0. The van der Waals surface area contributed by atoms with Crippen molar-refractivity contribution in [3.8, 4) is 17.5 Å². The summed E-state index contributed by atoms with van der Waals surface area (Å²) in [5.74, 6) is 2.01. The maximum atomic E-state index is 5.95. The Kier molecular flexibility index (Phi) is 5.09. The first-order valence-electron chi connectivity index (χ1n) is 8.20. The smallest absolute Gasteiger partial charge is 0.326 e. The quantitative estimate of drug-likeness (QED) is 0.636. The van der Waals surface area contributed by atoms with Crippen molar-refractivity contribution in [3.63, 3.8) is 0 Å². The fraction of sp³-hybridized carbons (Fsp3) is 0.250. The number of rotatable bonds is 5. The van der Waals surface area contributed by atoms with Crippen LogP contribution in [0.2, 0.25) is 5.28 Å². The summed E-state index contributed by atoms with van der Waals surface area (Å²) in [6, 6.07) is 16.0. The lowest BCUT2D eigenvalue weighted by atomic mass is 9.77. The number of ether oxygens (including phenoxy) is 2. The number of aryl methyl sites for hydroxylation is 1. The number of hydrogen-bond donors (Lipinski definition) is 0. The van der Waals surface area contributed by atoms with Gasteiger partial charge in [0.2, 0.25) is 5.28 Å². The lowest BCUT2D eigenvalue weighted by Crippen LogP contribution is -2.19. The lowest BCUT2D eigenvalue weighted by molar-refractivity contribution is 0.413. The molecule has 0 saturated carbocycles. The fourth-order valence-electron chi connectivity index (χ4n) is 2.81. The van der Waals surface area contributed by atoms with E-state index in [9.17, 15) is 0 Å². The molecular weight excluding hydrogens is 350 g/mol. The summed E-state index contributed by atoms with van der Waals surface area (Å²) >= 11 is 5.92. The van der Waals surface area contributed by atoms with Crippen LogP contribution in [0.4, 0.5) is 0 Å². The molecule has 3 aromatic rings. The monoisotopic (exact) mass is 369 g/mol. The van der Waals surface area contributed by atoms with E-state index in [-0.39, 0.29) is 16.7 Å². The first kappa shape index (κ1) is 18.1. The molecule has 0 bridgehead atoms. The molecule has 134 valence electrons. The standard InChI is InChI=1S/C20H20ClN3O2/c1-13-22-18(21)24-19(23-13)26-17-8-6-5-7-16(17)20(2,3)14-9-11-15(25-4)12-10-14/h5-12H,1-4H3. The van der Waals surface area contributed by atoms with Gasteiger partial charge < -0.3 is 9.47 Å². The van der Waals surface area contributed by atoms with Gasteiger partial charge in [-0.15, -0.1) is 0 Å². The third-order valence-electron chi connectivity index (χ3n) is 4.27. The van der Waals surface area contributed by atoms with Crippen LogP contribution < -0.4 is 9.47 Å². The van der Waals surface area contributed by atoms with Gasteiger partial charge in [-0.25, -0.2) is 4.98 Å². The highest BCUT2D eigenvalue weighted by Gasteiger charge is 2.27. The van der Waals surface area contributed by atoms with Crippen molar-refractivity contribution < 1.29 is 9.47 Å². The molecule has 0 N–H and O–H groups in total. The van der Waals surface area contributed by atoms with Gasteiger partial charge in [0, 0.05) is 11.0 Å². The highest BCUT2D eigenvalue weighted by molar-refractivity contribution is 6.28. The van der Waals surface area contributed by atoms with Gasteiger partial charge in [0.1, 0.15) is 17.3 Å². The number of nitrogens with zero attached hydrogens (tertiary/aromatic N) is 3. The fourth-order valence-corrected chi connectivity index (χ4v) is 3.00.